The van der Waals surface area contributed by atoms with Crippen molar-refractivity contribution in [2.24, 2.45) is 7.05 Å². The second-order valence-electron chi connectivity index (χ2n) is 2.99. The molecule has 0 spiro atoms. The van der Waals surface area contributed by atoms with E-state index < -0.39 is 6.10 Å². The molecule has 0 aliphatic heterocycles. The summed E-state index contributed by atoms with van der Waals surface area (Å²) in [5, 5.41) is 17.4. The van der Waals surface area contributed by atoms with Crippen molar-refractivity contribution < 1.29 is 5.11 Å². The van der Waals surface area contributed by atoms with Crippen LogP contribution in [0.4, 0.5) is 0 Å². The lowest BCUT2D eigenvalue weighted by Gasteiger charge is -2.08. The van der Waals surface area contributed by atoms with Crippen LogP contribution >= 0.6 is 0 Å². The van der Waals surface area contributed by atoms with E-state index >= 15 is 0 Å². The summed E-state index contributed by atoms with van der Waals surface area (Å²) < 4.78 is 1.68. The first-order valence-electron chi connectivity index (χ1n) is 4.21. The third-order valence-electron chi connectivity index (χ3n) is 1.99. The number of aliphatic hydroxyl groups is 1. The van der Waals surface area contributed by atoms with Crippen LogP contribution in [0.3, 0.4) is 0 Å². The van der Waals surface area contributed by atoms with Crippen molar-refractivity contribution in [2.75, 3.05) is 0 Å². The van der Waals surface area contributed by atoms with Crippen molar-refractivity contribution in [3.05, 3.63) is 42.2 Å². The fraction of sp³-hybridized carbons (Fsp3) is 0.222. The van der Waals surface area contributed by atoms with Crippen LogP contribution < -0.4 is 0 Å². The molecule has 0 saturated heterocycles. The van der Waals surface area contributed by atoms with E-state index in [0.29, 0.717) is 11.4 Å². The number of hydrogen-bond acceptors (Lipinski definition) is 4. The van der Waals surface area contributed by atoms with Crippen molar-refractivity contribution in [3.8, 4) is 0 Å². The summed E-state index contributed by atoms with van der Waals surface area (Å²) >= 11 is 0. The Labute approximate surface area is 81.1 Å². The quantitative estimate of drug-likeness (QED) is 0.739. The largest absolute Gasteiger partial charge is 0.380 e. The van der Waals surface area contributed by atoms with Crippen LogP contribution in [0.1, 0.15) is 17.5 Å². The summed E-state index contributed by atoms with van der Waals surface area (Å²) in [6, 6.07) is 3.57. The summed E-state index contributed by atoms with van der Waals surface area (Å²) in [7, 11) is 1.79. The number of nitrogens with zero attached hydrogens (tertiary/aromatic N) is 4. The van der Waals surface area contributed by atoms with Gasteiger partial charge in [-0.25, -0.2) is 0 Å². The van der Waals surface area contributed by atoms with E-state index in [1.807, 2.05) is 0 Å². The predicted octanol–water partition coefficient (Wildman–Crippen LogP) is 0.292. The second kappa shape index (κ2) is 3.55. The standard InChI is InChI=1S/C9H10N4O/c1-13-6-11-12-9(13)8(14)7-3-2-4-10-5-7/h2-6,8,14H,1H3. The molecule has 0 amide bonds. The van der Waals surface area contributed by atoms with Crippen LogP contribution in [0.15, 0.2) is 30.9 Å². The molecular weight excluding hydrogens is 180 g/mol. The van der Waals surface area contributed by atoms with Crippen molar-refractivity contribution in [2.45, 2.75) is 6.10 Å². The molecule has 2 aromatic rings. The summed E-state index contributed by atoms with van der Waals surface area (Å²) in [6.45, 7) is 0. The molecule has 2 rings (SSSR count). The average molecular weight is 190 g/mol. The number of aryl methyl sites for hydroxylation is 1. The Balaban J connectivity index is 2.34. The van der Waals surface area contributed by atoms with Gasteiger partial charge in [-0.2, -0.15) is 0 Å². The summed E-state index contributed by atoms with van der Waals surface area (Å²) in [5.74, 6) is 0.512. The lowest BCUT2D eigenvalue weighted by Crippen LogP contribution is -2.06. The Morgan fingerprint density at radius 2 is 2.36 bits per heavy atom. The van der Waals surface area contributed by atoms with Gasteiger partial charge in [0.15, 0.2) is 5.82 Å². The van der Waals surface area contributed by atoms with E-state index in [4.69, 9.17) is 0 Å². The van der Waals surface area contributed by atoms with Gasteiger partial charge in [0, 0.05) is 25.0 Å². The van der Waals surface area contributed by atoms with Gasteiger partial charge in [0.1, 0.15) is 12.4 Å². The van der Waals surface area contributed by atoms with Gasteiger partial charge in [0.25, 0.3) is 0 Å². The fourth-order valence-electron chi connectivity index (χ4n) is 1.23. The predicted molar refractivity (Wildman–Crippen MR) is 49.3 cm³/mol. The van der Waals surface area contributed by atoms with Crippen LogP contribution in [0.2, 0.25) is 0 Å². The molecule has 2 aromatic heterocycles. The van der Waals surface area contributed by atoms with E-state index in [1.54, 1.807) is 42.5 Å². The van der Waals surface area contributed by atoms with Gasteiger partial charge in [-0.1, -0.05) is 6.07 Å². The topological polar surface area (TPSA) is 63.8 Å². The van der Waals surface area contributed by atoms with Crippen molar-refractivity contribution in [3.63, 3.8) is 0 Å². The number of aliphatic hydroxyl groups excluding tert-OH is 1. The molecular formula is C9H10N4O. The highest BCUT2D eigenvalue weighted by molar-refractivity contribution is 5.18. The molecule has 14 heavy (non-hydrogen) atoms. The summed E-state index contributed by atoms with van der Waals surface area (Å²) in [6.07, 6.45) is 4.05. The lowest BCUT2D eigenvalue weighted by atomic mass is 10.1. The van der Waals surface area contributed by atoms with Crippen LogP contribution in [0, 0.1) is 0 Å². The van der Waals surface area contributed by atoms with E-state index in [0.717, 1.165) is 0 Å². The third-order valence-corrected chi connectivity index (χ3v) is 1.99. The molecule has 0 aliphatic rings. The van der Waals surface area contributed by atoms with Gasteiger partial charge in [0.2, 0.25) is 0 Å². The minimum atomic E-state index is -0.767. The molecule has 0 bridgehead atoms. The Kier molecular flexibility index (Phi) is 2.24. The van der Waals surface area contributed by atoms with Crippen LogP contribution in [0.5, 0.6) is 0 Å². The Hall–Kier alpha value is -1.75. The maximum absolute atomic E-state index is 9.90. The lowest BCUT2D eigenvalue weighted by molar-refractivity contribution is 0.205. The first-order valence-corrected chi connectivity index (χ1v) is 4.21. The van der Waals surface area contributed by atoms with Gasteiger partial charge in [-0.05, 0) is 6.07 Å². The summed E-state index contributed by atoms with van der Waals surface area (Å²) in [4.78, 5) is 3.93. The highest BCUT2D eigenvalue weighted by Gasteiger charge is 2.15. The molecule has 0 aliphatic carbocycles. The van der Waals surface area contributed by atoms with E-state index in [2.05, 4.69) is 15.2 Å². The normalized spacial score (nSPS) is 12.7. The number of pyridine rings is 1. The molecule has 0 saturated carbocycles. The maximum atomic E-state index is 9.90. The molecule has 1 N–H and O–H groups in total. The number of hydrogen-bond donors (Lipinski definition) is 1. The van der Waals surface area contributed by atoms with Crippen molar-refractivity contribution in [1.29, 1.82) is 0 Å². The molecule has 5 heteroatoms. The molecule has 1 unspecified atom stereocenters. The molecule has 0 aromatic carbocycles. The molecule has 0 fully saturated rings. The highest BCUT2D eigenvalue weighted by Crippen LogP contribution is 2.17. The fourth-order valence-corrected chi connectivity index (χ4v) is 1.23. The maximum Gasteiger partial charge on any atom is 0.166 e. The Morgan fingerprint density at radius 3 is 2.93 bits per heavy atom. The molecule has 72 valence electrons. The average Bonchev–Trinajstić information content (AvgIpc) is 2.65. The number of rotatable bonds is 2. The van der Waals surface area contributed by atoms with Crippen LogP contribution in [0.25, 0.3) is 0 Å². The van der Waals surface area contributed by atoms with Gasteiger partial charge in [-0.3, -0.25) is 4.98 Å². The third kappa shape index (κ3) is 1.49. The van der Waals surface area contributed by atoms with Gasteiger partial charge in [-0.15, -0.1) is 10.2 Å². The van der Waals surface area contributed by atoms with Gasteiger partial charge < -0.3 is 9.67 Å². The molecule has 1 atom stereocenters. The zero-order valence-corrected chi connectivity index (χ0v) is 7.70. The molecule has 2 heterocycles. The minimum absolute atomic E-state index is 0.512. The summed E-state index contributed by atoms with van der Waals surface area (Å²) in [5.41, 5.74) is 0.712. The number of aromatic nitrogens is 4. The smallest absolute Gasteiger partial charge is 0.166 e. The zero-order chi connectivity index (χ0) is 9.97. The van der Waals surface area contributed by atoms with Crippen molar-refractivity contribution >= 4 is 0 Å². The van der Waals surface area contributed by atoms with Crippen molar-refractivity contribution in [1.82, 2.24) is 19.7 Å². The molecule has 5 nitrogen and oxygen atoms in total. The van der Waals surface area contributed by atoms with Crippen LogP contribution in [-0.4, -0.2) is 24.9 Å². The van der Waals surface area contributed by atoms with Crippen LogP contribution in [-0.2, 0) is 7.05 Å². The SMILES string of the molecule is Cn1cnnc1C(O)c1cccnc1. The highest BCUT2D eigenvalue weighted by atomic mass is 16.3. The zero-order valence-electron chi connectivity index (χ0n) is 7.70. The van der Waals surface area contributed by atoms with E-state index in [9.17, 15) is 5.11 Å². The first-order chi connectivity index (χ1) is 6.79. The monoisotopic (exact) mass is 190 g/mol. The Bertz CT molecular complexity index is 412. The minimum Gasteiger partial charge on any atom is -0.380 e. The van der Waals surface area contributed by atoms with Gasteiger partial charge in [0.05, 0.1) is 0 Å². The first kappa shape index (κ1) is 8.83. The van der Waals surface area contributed by atoms with E-state index in [-0.39, 0.29) is 0 Å². The Morgan fingerprint density at radius 1 is 1.50 bits per heavy atom. The van der Waals surface area contributed by atoms with Gasteiger partial charge >= 0.3 is 0 Å². The van der Waals surface area contributed by atoms with E-state index in [1.165, 1.54) is 0 Å². The second-order valence-corrected chi connectivity index (χ2v) is 2.99. The molecule has 0 radical (unpaired) electrons.